The van der Waals surface area contributed by atoms with E-state index in [2.05, 4.69) is 5.10 Å². The number of aryl methyl sites for hydroxylation is 1. The van der Waals surface area contributed by atoms with E-state index in [1.165, 1.54) is 17.9 Å². The van der Waals surface area contributed by atoms with Crippen LogP contribution in [0.3, 0.4) is 0 Å². The molecule has 0 unspecified atom stereocenters. The maximum Gasteiger partial charge on any atom is 0.278 e. The van der Waals surface area contributed by atoms with Gasteiger partial charge in [-0.15, -0.1) is 0 Å². The maximum atomic E-state index is 12.8. The fourth-order valence-electron chi connectivity index (χ4n) is 2.86. The molecule has 1 fully saturated rings. The highest BCUT2D eigenvalue weighted by molar-refractivity contribution is 5.94. The van der Waals surface area contributed by atoms with Gasteiger partial charge in [0.1, 0.15) is 0 Å². The lowest BCUT2D eigenvalue weighted by Gasteiger charge is -2.26. The van der Waals surface area contributed by atoms with Crippen molar-refractivity contribution in [1.29, 1.82) is 0 Å². The highest BCUT2D eigenvalue weighted by Gasteiger charge is 2.24. The Kier molecular flexibility index (Phi) is 4.64. The molecule has 1 aliphatic rings. The van der Waals surface area contributed by atoms with Gasteiger partial charge in [0.05, 0.1) is 18.9 Å². The number of ether oxygens (including phenoxy) is 1. The van der Waals surface area contributed by atoms with E-state index in [9.17, 15) is 9.59 Å². The number of likely N-dealkylation sites (tertiary alicyclic amines) is 1. The molecule has 1 amide bonds. The number of amides is 1. The minimum absolute atomic E-state index is 0.180. The Morgan fingerprint density at radius 3 is 2.42 bits per heavy atom. The van der Waals surface area contributed by atoms with Crippen molar-refractivity contribution in [3.8, 4) is 11.4 Å². The van der Waals surface area contributed by atoms with Crippen molar-refractivity contribution in [1.82, 2.24) is 14.7 Å². The summed E-state index contributed by atoms with van der Waals surface area (Å²) < 4.78 is 6.47. The molecule has 3 rings (SSSR count). The van der Waals surface area contributed by atoms with Crippen LogP contribution in [-0.4, -0.2) is 40.8 Å². The van der Waals surface area contributed by atoms with Crippen LogP contribution in [0, 0.1) is 6.92 Å². The zero-order valence-electron chi connectivity index (χ0n) is 14.0. The monoisotopic (exact) mass is 327 g/mol. The lowest BCUT2D eigenvalue weighted by molar-refractivity contribution is 0.0712. The van der Waals surface area contributed by atoms with Gasteiger partial charge >= 0.3 is 0 Å². The number of piperidine rings is 1. The molecule has 1 aromatic carbocycles. The Labute approximate surface area is 140 Å². The average Bonchev–Trinajstić information content (AvgIpc) is 2.62. The van der Waals surface area contributed by atoms with Crippen LogP contribution in [0.15, 0.2) is 35.1 Å². The van der Waals surface area contributed by atoms with Crippen LogP contribution in [-0.2, 0) is 0 Å². The van der Waals surface area contributed by atoms with E-state index in [4.69, 9.17) is 4.74 Å². The molecule has 2 aromatic rings. The fraction of sp³-hybridized carbons (Fsp3) is 0.389. The highest BCUT2D eigenvalue weighted by atomic mass is 16.5. The molecule has 6 heteroatoms. The van der Waals surface area contributed by atoms with E-state index in [0.29, 0.717) is 18.8 Å². The number of carbonyl (C=O) groups is 1. The highest BCUT2D eigenvalue weighted by Crippen LogP contribution is 2.19. The number of aromatic nitrogens is 2. The molecule has 0 spiro atoms. The predicted molar refractivity (Wildman–Crippen MR) is 90.9 cm³/mol. The molecule has 1 aliphatic heterocycles. The van der Waals surface area contributed by atoms with Gasteiger partial charge in [0.25, 0.3) is 11.5 Å². The van der Waals surface area contributed by atoms with Crippen molar-refractivity contribution in [2.24, 2.45) is 0 Å². The van der Waals surface area contributed by atoms with Gasteiger partial charge in [-0.1, -0.05) is 17.7 Å². The Morgan fingerprint density at radius 1 is 1.12 bits per heavy atom. The number of hydrogen-bond acceptors (Lipinski definition) is 4. The van der Waals surface area contributed by atoms with Crippen LogP contribution in [0.2, 0.25) is 0 Å². The van der Waals surface area contributed by atoms with E-state index in [1.807, 2.05) is 31.2 Å². The van der Waals surface area contributed by atoms with Gasteiger partial charge in [0.15, 0.2) is 11.4 Å². The number of methoxy groups -OCH3 is 1. The zero-order chi connectivity index (χ0) is 17.1. The summed E-state index contributed by atoms with van der Waals surface area (Å²) >= 11 is 0. The lowest BCUT2D eigenvalue weighted by Crippen LogP contribution is -2.37. The maximum absolute atomic E-state index is 12.8. The Hall–Kier alpha value is -2.63. The first-order valence-corrected chi connectivity index (χ1v) is 8.15. The van der Waals surface area contributed by atoms with Gasteiger partial charge in [-0.2, -0.15) is 9.78 Å². The van der Waals surface area contributed by atoms with Gasteiger partial charge in [-0.3, -0.25) is 9.59 Å². The molecule has 6 nitrogen and oxygen atoms in total. The van der Waals surface area contributed by atoms with Crippen LogP contribution >= 0.6 is 0 Å². The Morgan fingerprint density at radius 2 is 1.79 bits per heavy atom. The molecule has 0 N–H and O–H groups in total. The van der Waals surface area contributed by atoms with Crippen LogP contribution in [0.25, 0.3) is 5.69 Å². The van der Waals surface area contributed by atoms with Gasteiger partial charge in [-0.05, 0) is 38.3 Å². The number of hydrogen-bond donors (Lipinski definition) is 0. The molecular weight excluding hydrogens is 306 g/mol. The molecule has 0 aliphatic carbocycles. The van der Waals surface area contributed by atoms with Crippen molar-refractivity contribution in [3.63, 3.8) is 0 Å². The minimum atomic E-state index is -0.328. The quantitative estimate of drug-likeness (QED) is 0.867. The van der Waals surface area contributed by atoms with Gasteiger partial charge in [-0.25, -0.2) is 0 Å². The molecule has 1 saturated heterocycles. The lowest BCUT2D eigenvalue weighted by atomic mass is 10.1. The molecule has 126 valence electrons. The molecule has 0 bridgehead atoms. The minimum Gasteiger partial charge on any atom is -0.494 e. The Bertz CT molecular complexity index is 790. The number of benzene rings is 1. The number of rotatable bonds is 3. The smallest absolute Gasteiger partial charge is 0.278 e. The largest absolute Gasteiger partial charge is 0.494 e. The van der Waals surface area contributed by atoms with Crippen molar-refractivity contribution < 1.29 is 9.53 Å². The standard InChI is InChI=1S/C18H21N3O3/c1-13-6-8-14(9-7-13)21-16(22)12-15(24-2)17(19-21)18(23)20-10-4-3-5-11-20/h6-9,12H,3-5,10-11H2,1-2H3. The van der Waals surface area contributed by atoms with Crippen LogP contribution in [0.5, 0.6) is 5.75 Å². The van der Waals surface area contributed by atoms with E-state index >= 15 is 0 Å². The average molecular weight is 327 g/mol. The fourth-order valence-corrected chi connectivity index (χ4v) is 2.86. The summed E-state index contributed by atoms with van der Waals surface area (Å²) in [5.74, 6) is 0.0337. The molecule has 0 radical (unpaired) electrons. The van der Waals surface area contributed by atoms with Crippen LogP contribution in [0.1, 0.15) is 35.3 Å². The van der Waals surface area contributed by atoms with Crippen molar-refractivity contribution >= 4 is 5.91 Å². The third-order valence-corrected chi connectivity index (χ3v) is 4.24. The third kappa shape index (κ3) is 3.18. The van der Waals surface area contributed by atoms with Crippen molar-refractivity contribution in [2.45, 2.75) is 26.2 Å². The second kappa shape index (κ2) is 6.86. The normalized spacial score (nSPS) is 14.5. The van der Waals surface area contributed by atoms with Crippen LogP contribution in [0.4, 0.5) is 0 Å². The van der Waals surface area contributed by atoms with E-state index in [-0.39, 0.29) is 22.9 Å². The van der Waals surface area contributed by atoms with Crippen LogP contribution < -0.4 is 10.3 Å². The predicted octanol–water partition coefficient (Wildman–Crippen LogP) is 2.18. The Balaban J connectivity index is 2.04. The number of nitrogens with zero attached hydrogens (tertiary/aromatic N) is 3. The summed E-state index contributed by atoms with van der Waals surface area (Å²) in [6.45, 7) is 3.40. The molecule has 24 heavy (non-hydrogen) atoms. The SMILES string of the molecule is COc1cc(=O)n(-c2ccc(C)cc2)nc1C(=O)N1CCCCC1. The van der Waals surface area contributed by atoms with E-state index < -0.39 is 0 Å². The molecule has 0 saturated carbocycles. The topological polar surface area (TPSA) is 64.4 Å². The summed E-state index contributed by atoms with van der Waals surface area (Å²) in [6.07, 6.45) is 3.12. The second-order valence-corrected chi connectivity index (χ2v) is 6.00. The zero-order valence-corrected chi connectivity index (χ0v) is 14.0. The van der Waals surface area contributed by atoms with E-state index in [0.717, 1.165) is 24.8 Å². The van der Waals surface area contributed by atoms with Crippen molar-refractivity contribution in [3.05, 3.63) is 51.9 Å². The molecule has 0 atom stereocenters. The summed E-state index contributed by atoms with van der Waals surface area (Å²) in [5, 5.41) is 4.31. The molecule has 2 heterocycles. The first kappa shape index (κ1) is 16.2. The van der Waals surface area contributed by atoms with Crippen molar-refractivity contribution in [2.75, 3.05) is 20.2 Å². The van der Waals surface area contributed by atoms with E-state index in [1.54, 1.807) is 4.90 Å². The first-order valence-electron chi connectivity index (χ1n) is 8.15. The van der Waals surface area contributed by atoms with Gasteiger partial charge in [0.2, 0.25) is 0 Å². The summed E-state index contributed by atoms with van der Waals surface area (Å²) in [5.41, 5.74) is 1.57. The second-order valence-electron chi connectivity index (χ2n) is 6.00. The first-order chi connectivity index (χ1) is 11.6. The number of carbonyl (C=O) groups excluding carboxylic acids is 1. The molecule has 1 aromatic heterocycles. The van der Waals surface area contributed by atoms with Gasteiger partial charge in [0, 0.05) is 13.1 Å². The third-order valence-electron chi connectivity index (χ3n) is 4.24. The molecular formula is C18H21N3O3. The summed E-state index contributed by atoms with van der Waals surface area (Å²) in [6, 6.07) is 8.75. The summed E-state index contributed by atoms with van der Waals surface area (Å²) in [4.78, 5) is 26.9. The summed E-state index contributed by atoms with van der Waals surface area (Å²) in [7, 11) is 1.44. The van der Waals surface area contributed by atoms with Gasteiger partial charge < -0.3 is 9.64 Å².